The van der Waals surface area contributed by atoms with Crippen molar-refractivity contribution >= 4 is 17.5 Å². The Balaban J connectivity index is 1.71. The van der Waals surface area contributed by atoms with Gasteiger partial charge in [-0.25, -0.2) is 4.39 Å². The lowest BCUT2D eigenvalue weighted by molar-refractivity contribution is -0.117. The molecule has 1 aliphatic carbocycles. The van der Waals surface area contributed by atoms with Gasteiger partial charge in [-0.2, -0.15) is 0 Å². The molecule has 0 radical (unpaired) electrons. The summed E-state index contributed by atoms with van der Waals surface area (Å²) >= 11 is 0. The number of hydrogen-bond donors (Lipinski definition) is 2. The van der Waals surface area contributed by atoms with Crippen LogP contribution in [0.25, 0.3) is 0 Å². The zero-order valence-electron chi connectivity index (χ0n) is 14.0. The maximum absolute atomic E-state index is 13.6. The molecule has 4 atom stereocenters. The van der Waals surface area contributed by atoms with Crippen molar-refractivity contribution in [2.45, 2.75) is 45.3 Å². The van der Waals surface area contributed by atoms with Crippen molar-refractivity contribution in [1.82, 2.24) is 5.32 Å². The third kappa shape index (κ3) is 3.75. The van der Waals surface area contributed by atoms with Crippen molar-refractivity contribution in [3.63, 3.8) is 0 Å². The van der Waals surface area contributed by atoms with E-state index >= 15 is 0 Å². The third-order valence-electron chi connectivity index (χ3n) is 4.81. The van der Waals surface area contributed by atoms with Crippen LogP contribution < -0.4 is 10.6 Å². The summed E-state index contributed by atoms with van der Waals surface area (Å²) in [6, 6.07) is 3.66. The van der Waals surface area contributed by atoms with Crippen molar-refractivity contribution < 1.29 is 18.7 Å². The Morgan fingerprint density at radius 3 is 2.75 bits per heavy atom. The Bertz CT molecular complexity index is 643. The predicted octanol–water partition coefficient (Wildman–Crippen LogP) is 2.72. The van der Waals surface area contributed by atoms with E-state index in [4.69, 9.17) is 4.74 Å². The number of carbonyl (C=O) groups is 2. The molecule has 2 fully saturated rings. The van der Waals surface area contributed by atoms with Gasteiger partial charge in [-0.15, -0.1) is 0 Å². The molecule has 1 aliphatic heterocycles. The van der Waals surface area contributed by atoms with E-state index in [9.17, 15) is 14.0 Å². The maximum atomic E-state index is 13.6. The largest absolute Gasteiger partial charge is 0.376 e. The molecule has 2 N–H and O–H groups in total. The van der Waals surface area contributed by atoms with Crippen LogP contribution in [0.1, 0.15) is 43.5 Å². The van der Waals surface area contributed by atoms with Gasteiger partial charge in [0, 0.05) is 12.5 Å². The average Bonchev–Trinajstić information content (AvgIpc) is 3.05. The first kappa shape index (κ1) is 16.9. The van der Waals surface area contributed by atoms with E-state index in [1.807, 2.05) is 13.8 Å². The zero-order chi connectivity index (χ0) is 17.3. The summed E-state index contributed by atoms with van der Waals surface area (Å²) in [6.07, 6.45) is 2.71. The molecule has 0 bridgehead atoms. The molecule has 130 valence electrons. The molecule has 0 aromatic heterocycles. The van der Waals surface area contributed by atoms with Crippen molar-refractivity contribution in [2.24, 2.45) is 11.8 Å². The Hall–Kier alpha value is -1.95. The van der Waals surface area contributed by atoms with Crippen molar-refractivity contribution in [1.29, 1.82) is 0 Å². The molecule has 6 heteroatoms. The second-order valence-electron chi connectivity index (χ2n) is 6.81. The van der Waals surface area contributed by atoms with E-state index in [2.05, 4.69) is 10.6 Å². The van der Waals surface area contributed by atoms with Gasteiger partial charge in [-0.05, 0) is 50.3 Å². The Morgan fingerprint density at radius 2 is 2.12 bits per heavy atom. The van der Waals surface area contributed by atoms with Gasteiger partial charge >= 0.3 is 0 Å². The van der Waals surface area contributed by atoms with E-state index in [-0.39, 0.29) is 29.5 Å². The molecule has 24 heavy (non-hydrogen) atoms. The molecule has 0 unspecified atom stereocenters. The number of benzene rings is 1. The number of rotatable bonds is 5. The summed E-state index contributed by atoms with van der Waals surface area (Å²) in [5, 5.41) is 5.61. The van der Waals surface area contributed by atoms with Crippen LogP contribution in [0.15, 0.2) is 18.2 Å². The molecule has 1 aromatic rings. The highest BCUT2D eigenvalue weighted by Gasteiger charge is 2.39. The highest BCUT2D eigenvalue weighted by Crippen LogP contribution is 2.38. The van der Waals surface area contributed by atoms with Crippen LogP contribution in [0.2, 0.25) is 0 Å². The van der Waals surface area contributed by atoms with Gasteiger partial charge in [0.1, 0.15) is 5.82 Å². The number of anilines is 1. The molecule has 1 heterocycles. The average molecular weight is 334 g/mol. The summed E-state index contributed by atoms with van der Waals surface area (Å²) in [5.41, 5.74) is 0.485. The smallest absolute Gasteiger partial charge is 0.253 e. The SMILES string of the molecule is C[C@@H]1C[C@@H]1C(=O)Nc1ccc(F)cc1C(=O)N[C@H](C)[C@H]1CCCO1. The van der Waals surface area contributed by atoms with E-state index in [1.165, 1.54) is 12.1 Å². The van der Waals surface area contributed by atoms with Crippen LogP contribution in [0.5, 0.6) is 0 Å². The van der Waals surface area contributed by atoms with E-state index < -0.39 is 11.7 Å². The quantitative estimate of drug-likeness (QED) is 0.870. The van der Waals surface area contributed by atoms with Gasteiger partial charge in [0.25, 0.3) is 5.91 Å². The molecule has 0 spiro atoms. The lowest BCUT2D eigenvalue weighted by atomic mass is 10.1. The van der Waals surface area contributed by atoms with E-state index in [0.717, 1.165) is 25.3 Å². The second-order valence-corrected chi connectivity index (χ2v) is 6.81. The number of carbonyl (C=O) groups excluding carboxylic acids is 2. The van der Waals surface area contributed by atoms with E-state index in [1.54, 1.807) is 0 Å². The van der Waals surface area contributed by atoms with E-state index in [0.29, 0.717) is 18.2 Å². The van der Waals surface area contributed by atoms with Crippen molar-refractivity contribution in [2.75, 3.05) is 11.9 Å². The normalized spacial score (nSPS) is 26.7. The molecule has 2 amide bonds. The summed E-state index contributed by atoms with van der Waals surface area (Å²) in [5.74, 6) is -0.686. The number of nitrogens with one attached hydrogen (secondary N) is 2. The minimum absolute atomic E-state index is 0.0169. The van der Waals surface area contributed by atoms with Gasteiger partial charge in [0.2, 0.25) is 5.91 Å². The number of amides is 2. The Labute approximate surface area is 141 Å². The standard InChI is InChI=1S/C18H23FN2O3/c1-10-8-13(10)17(22)21-15-6-5-12(19)9-14(15)18(23)20-11(2)16-4-3-7-24-16/h5-6,9-11,13,16H,3-4,7-8H2,1-2H3,(H,20,23)(H,21,22)/t10-,11-,13+,16-/m1/s1. The van der Waals surface area contributed by atoms with Crippen LogP contribution >= 0.6 is 0 Å². The molecule has 1 saturated carbocycles. The van der Waals surface area contributed by atoms with Gasteiger partial charge < -0.3 is 15.4 Å². The lowest BCUT2D eigenvalue weighted by Crippen LogP contribution is -2.41. The fraction of sp³-hybridized carbons (Fsp3) is 0.556. The van der Waals surface area contributed by atoms with Crippen molar-refractivity contribution in [3.05, 3.63) is 29.6 Å². The molecule has 2 aliphatic rings. The van der Waals surface area contributed by atoms with Gasteiger partial charge in [-0.3, -0.25) is 9.59 Å². The molecule has 5 nitrogen and oxygen atoms in total. The lowest BCUT2D eigenvalue weighted by Gasteiger charge is -2.21. The number of hydrogen-bond acceptors (Lipinski definition) is 3. The predicted molar refractivity (Wildman–Crippen MR) is 88.2 cm³/mol. The Morgan fingerprint density at radius 1 is 1.38 bits per heavy atom. The first-order chi connectivity index (χ1) is 11.5. The van der Waals surface area contributed by atoms with Crippen LogP contribution in [-0.4, -0.2) is 30.6 Å². The van der Waals surface area contributed by atoms with Crippen LogP contribution in [-0.2, 0) is 9.53 Å². The van der Waals surface area contributed by atoms with Crippen LogP contribution in [0.3, 0.4) is 0 Å². The monoisotopic (exact) mass is 334 g/mol. The summed E-state index contributed by atoms with van der Waals surface area (Å²) in [7, 11) is 0. The van der Waals surface area contributed by atoms with Gasteiger partial charge in [-0.1, -0.05) is 6.92 Å². The maximum Gasteiger partial charge on any atom is 0.253 e. The minimum atomic E-state index is -0.511. The first-order valence-corrected chi connectivity index (χ1v) is 8.48. The van der Waals surface area contributed by atoms with Crippen LogP contribution in [0.4, 0.5) is 10.1 Å². The highest BCUT2D eigenvalue weighted by atomic mass is 19.1. The third-order valence-corrected chi connectivity index (χ3v) is 4.81. The van der Waals surface area contributed by atoms with Crippen molar-refractivity contribution in [3.8, 4) is 0 Å². The molecular formula is C18H23FN2O3. The topological polar surface area (TPSA) is 67.4 Å². The second kappa shape index (κ2) is 6.89. The minimum Gasteiger partial charge on any atom is -0.376 e. The van der Waals surface area contributed by atoms with Crippen LogP contribution in [0, 0.1) is 17.7 Å². The fourth-order valence-electron chi connectivity index (χ4n) is 3.10. The molecule has 1 saturated heterocycles. The first-order valence-electron chi connectivity index (χ1n) is 8.48. The summed E-state index contributed by atoms with van der Waals surface area (Å²) in [6.45, 7) is 4.58. The molecular weight excluding hydrogens is 311 g/mol. The number of halogens is 1. The Kier molecular flexibility index (Phi) is 4.85. The summed E-state index contributed by atoms with van der Waals surface area (Å²) in [4.78, 5) is 24.7. The molecule has 3 rings (SSSR count). The van der Waals surface area contributed by atoms with Gasteiger partial charge in [0.05, 0.1) is 23.4 Å². The van der Waals surface area contributed by atoms with Gasteiger partial charge in [0.15, 0.2) is 0 Å². The highest BCUT2D eigenvalue weighted by molar-refractivity contribution is 6.04. The fourth-order valence-corrected chi connectivity index (χ4v) is 3.10. The summed E-state index contributed by atoms with van der Waals surface area (Å²) < 4.78 is 19.2. The molecule has 1 aromatic carbocycles. The zero-order valence-corrected chi connectivity index (χ0v) is 14.0. The number of ether oxygens (including phenoxy) is 1.